The molecule has 1 fully saturated rings. The molecule has 3 unspecified atom stereocenters. The third kappa shape index (κ3) is 4.23. The van der Waals surface area contributed by atoms with Crippen molar-refractivity contribution in [1.29, 1.82) is 0 Å². The Labute approximate surface area is 170 Å². The van der Waals surface area contributed by atoms with Crippen molar-refractivity contribution in [3.63, 3.8) is 0 Å². The average molecular weight is 410 g/mol. The molecule has 12 heteroatoms. The number of hydrogen-bond acceptors (Lipinski definition) is 5. The fourth-order valence-corrected chi connectivity index (χ4v) is 3.71. The van der Waals surface area contributed by atoms with Crippen molar-refractivity contribution in [2.24, 2.45) is 17.3 Å². The van der Waals surface area contributed by atoms with Crippen LogP contribution in [0.5, 0.6) is 0 Å². The Kier molecular flexibility index (Phi) is 6.93. The molecular formula is C14H15F4NaO6S. The molecule has 3 atom stereocenters. The van der Waals surface area contributed by atoms with Gasteiger partial charge in [0.05, 0.1) is 11.5 Å². The molecule has 1 aromatic rings. The van der Waals surface area contributed by atoms with E-state index in [9.17, 15) is 35.9 Å². The molecule has 0 aliphatic heterocycles. The van der Waals surface area contributed by atoms with Crippen LogP contribution in [-0.4, -0.2) is 29.5 Å². The van der Waals surface area contributed by atoms with E-state index in [0.717, 1.165) is 0 Å². The zero-order valence-corrected chi connectivity index (χ0v) is 16.8. The van der Waals surface area contributed by atoms with Crippen molar-refractivity contribution >= 4 is 16.1 Å². The average Bonchev–Trinajstić information content (AvgIpc) is 3.05. The summed E-state index contributed by atoms with van der Waals surface area (Å²) < 4.78 is 88.6. The van der Waals surface area contributed by atoms with Gasteiger partial charge in [-0.25, -0.2) is 17.6 Å². The van der Waals surface area contributed by atoms with Crippen molar-refractivity contribution in [2.45, 2.75) is 25.9 Å². The molecule has 1 saturated carbocycles. The van der Waals surface area contributed by atoms with Gasteiger partial charge < -0.3 is 11.3 Å². The molecule has 0 heterocycles. The maximum atomic E-state index is 13.5. The van der Waals surface area contributed by atoms with Crippen LogP contribution in [0.15, 0.2) is 6.07 Å². The molecule has 0 aromatic heterocycles. The summed E-state index contributed by atoms with van der Waals surface area (Å²) in [5.74, 6) is -10.3. The molecule has 1 aromatic carbocycles. The smallest absolute Gasteiger partial charge is 1.00 e. The molecule has 0 saturated heterocycles. The van der Waals surface area contributed by atoms with E-state index in [1.807, 2.05) is 0 Å². The van der Waals surface area contributed by atoms with Gasteiger partial charge in [-0.15, -0.1) is 0 Å². The predicted octanol–water partition coefficient (Wildman–Crippen LogP) is -1.12. The Morgan fingerprint density at radius 3 is 2.15 bits per heavy atom. The van der Waals surface area contributed by atoms with E-state index in [1.165, 1.54) is 13.8 Å². The van der Waals surface area contributed by atoms with Gasteiger partial charge in [-0.1, -0.05) is 13.8 Å². The molecule has 0 radical (unpaired) electrons. The second-order valence-corrected chi connectivity index (χ2v) is 7.80. The Hall–Kier alpha value is -0.720. The molecule has 1 aliphatic rings. The van der Waals surface area contributed by atoms with E-state index < -0.39 is 74.2 Å². The second kappa shape index (κ2) is 7.72. The number of rotatable bonds is 5. The minimum Gasteiger partial charge on any atom is -1.00 e. The number of aliphatic hydroxyl groups excluding tert-OH is 1. The third-order valence-electron chi connectivity index (χ3n) is 4.34. The zero-order valence-electron chi connectivity index (χ0n) is 15.0. The fourth-order valence-electron chi connectivity index (χ4n) is 2.83. The molecule has 0 spiro atoms. The molecule has 2 rings (SSSR count). The number of esters is 1. The minimum atomic E-state index is -4.84. The number of carbonyl (C=O) groups excluding carboxylic acids is 1. The summed E-state index contributed by atoms with van der Waals surface area (Å²) in [5, 5.41) is 9.56. The summed E-state index contributed by atoms with van der Waals surface area (Å²) in [4.78, 5) is 12.0. The van der Waals surface area contributed by atoms with E-state index in [2.05, 4.69) is 4.74 Å². The molecule has 6 nitrogen and oxygen atoms in total. The van der Waals surface area contributed by atoms with Gasteiger partial charge >= 0.3 is 35.5 Å². The van der Waals surface area contributed by atoms with Crippen LogP contribution in [0.3, 0.4) is 0 Å². The Morgan fingerprint density at radius 2 is 1.73 bits per heavy atom. The van der Waals surface area contributed by atoms with E-state index in [4.69, 9.17) is 4.55 Å². The first-order chi connectivity index (χ1) is 11.3. The van der Waals surface area contributed by atoms with Crippen molar-refractivity contribution in [1.82, 2.24) is 0 Å². The van der Waals surface area contributed by atoms with Crippen LogP contribution >= 0.6 is 0 Å². The maximum Gasteiger partial charge on any atom is 1.00 e. The monoisotopic (exact) mass is 410 g/mol. The molecule has 2 N–H and O–H groups in total. The van der Waals surface area contributed by atoms with E-state index in [0.29, 0.717) is 0 Å². The number of benzene rings is 1. The number of halogens is 4. The zero-order chi connectivity index (χ0) is 19.3. The standard InChI is InChI=1S/C14H14F4O6S.Na.H/c1-14(2)8(9(14)13(20)25(21,22)23)12(19)24-4-5-10(17)6(15)3-7(16)11(5)18;;/h3,8-9,13,20H,4H2,1-2H3,(H,21,22,23);;/q;+1;-1. The largest absolute Gasteiger partial charge is 1.00 e. The van der Waals surface area contributed by atoms with Crippen LogP contribution in [0.2, 0.25) is 0 Å². The molecule has 142 valence electrons. The molecule has 0 bridgehead atoms. The van der Waals surface area contributed by atoms with Gasteiger partial charge in [0.2, 0.25) is 0 Å². The van der Waals surface area contributed by atoms with Crippen LogP contribution in [0, 0.1) is 40.5 Å². The molecule has 1 aliphatic carbocycles. The molecule has 26 heavy (non-hydrogen) atoms. The number of carbonyl (C=O) groups is 1. The van der Waals surface area contributed by atoms with Gasteiger partial charge in [0.1, 0.15) is 6.61 Å². The summed E-state index contributed by atoms with van der Waals surface area (Å²) in [5.41, 5.74) is -4.48. The van der Waals surface area contributed by atoms with E-state index >= 15 is 0 Å². The Balaban J connectivity index is 0.00000338. The first-order valence-corrected chi connectivity index (χ1v) is 8.43. The summed E-state index contributed by atoms with van der Waals surface area (Å²) in [6.45, 7) is 1.68. The minimum absolute atomic E-state index is 0. The van der Waals surface area contributed by atoms with Crippen molar-refractivity contribution < 1.29 is 76.2 Å². The first-order valence-electron chi connectivity index (χ1n) is 6.93. The van der Waals surface area contributed by atoms with Crippen molar-refractivity contribution in [3.05, 3.63) is 34.9 Å². The topological polar surface area (TPSA) is 101 Å². The maximum absolute atomic E-state index is 13.5. The van der Waals surface area contributed by atoms with Crippen LogP contribution in [0.25, 0.3) is 0 Å². The second-order valence-electron chi connectivity index (χ2n) is 6.28. The SMILES string of the molecule is CC1(C)C(C(=O)OCc2c(F)c(F)cc(F)c2F)C1C(O)S(=O)(=O)O.[H-].[Na+]. The third-order valence-corrected chi connectivity index (χ3v) is 5.24. The van der Waals surface area contributed by atoms with Crippen LogP contribution in [0.1, 0.15) is 20.8 Å². The van der Waals surface area contributed by atoms with Crippen LogP contribution in [-0.2, 0) is 26.3 Å². The number of hydrogen-bond donors (Lipinski definition) is 2. The summed E-state index contributed by atoms with van der Waals surface area (Å²) in [6, 6.07) is -0.00150. The van der Waals surface area contributed by atoms with E-state index in [-0.39, 0.29) is 37.1 Å². The van der Waals surface area contributed by atoms with Gasteiger partial charge in [-0.05, 0) is 5.41 Å². The van der Waals surface area contributed by atoms with Gasteiger partial charge in [-0.2, -0.15) is 8.42 Å². The molecular weight excluding hydrogens is 395 g/mol. The summed E-state index contributed by atoms with van der Waals surface area (Å²) in [7, 11) is -4.84. The predicted molar refractivity (Wildman–Crippen MR) is 75.5 cm³/mol. The van der Waals surface area contributed by atoms with Gasteiger partial charge in [-0.3, -0.25) is 9.35 Å². The van der Waals surface area contributed by atoms with Gasteiger partial charge in [0, 0.05) is 12.0 Å². The van der Waals surface area contributed by atoms with E-state index in [1.54, 1.807) is 0 Å². The normalized spacial score (nSPS) is 22.3. The van der Waals surface area contributed by atoms with Gasteiger partial charge in [0.15, 0.2) is 28.7 Å². The van der Waals surface area contributed by atoms with Gasteiger partial charge in [0.25, 0.3) is 10.1 Å². The quantitative estimate of drug-likeness (QED) is 0.210. The first kappa shape index (κ1) is 23.3. The molecule has 0 amide bonds. The number of aliphatic hydroxyl groups is 1. The Morgan fingerprint density at radius 1 is 1.27 bits per heavy atom. The van der Waals surface area contributed by atoms with Crippen LogP contribution in [0.4, 0.5) is 17.6 Å². The Bertz CT molecular complexity index is 809. The van der Waals surface area contributed by atoms with Crippen molar-refractivity contribution in [3.8, 4) is 0 Å². The van der Waals surface area contributed by atoms with Crippen molar-refractivity contribution in [2.75, 3.05) is 0 Å². The number of ether oxygens (including phenoxy) is 1. The fraction of sp³-hybridized carbons (Fsp3) is 0.500. The summed E-state index contributed by atoms with van der Waals surface area (Å²) in [6.07, 6.45) is 0. The van der Waals surface area contributed by atoms with Crippen LogP contribution < -0.4 is 29.6 Å². The summed E-state index contributed by atoms with van der Waals surface area (Å²) >= 11 is 0.